The molecule has 0 atom stereocenters. The predicted octanol–water partition coefficient (Wildman–Crippen LogP) is -1.08. The van der Waals surface area contributed by atoms with Crippen LogP contribution in [0.3, 0.4) is 0 Å². The minimum absolute atomic E-state index is 0.0124. The Labute approximate surface area is 97.8 Å². The van der Waals surface area contributed by atoms with Gasteiger partial charge in [0.2, 0.25) is 0 Å². The number of pyridine rings is 1. The van der Waals surface area contributed by atoms with Gasteiger partial charge in [-0.15, -0.1) is 0 Å². The third-order valence-electron chi connectivity index (χ3n) is 1.81. The summed E-state index contributed by atoms with van der Waals surface area (Å²) in [5.41, 5.74) is 5.28. The zero-order chi connectivity index (χ0) is 12.7. The number of carbonyl (C=O) groups is 1. The summed E-state index contributed by atoms with van der Waals surface area (Å²) >= 11 is 0. The van der Waals surface area contributed by atoms with E-state index in [1.165, 1.54) is 12.3 Å². The van der Waals surface area contributed by atoms with Gasteiger partial charge in [0.15, 0.2) is 5.75 Å². The smallest absolute Gasteiger partial charge is 0.257 e. The minimum atomic E-state index is -0.686. The summed E-state index contributed by atoms with van der Waals surface area (Å²) in [7, 11) is 0. The number of hydrogen-bond acceptors (Lipinski definition) is 6. The molecular weight excluding hydrogens is 228 g/mol. The summed E-state index contributed by atoms with van der Waals surface area (Å²) in [5, 5.41) is 17.3. The third-order valence-corrected chi connectivity index (χ3v) is 1.81. The molecule has 0 unspecified atom stereocenters. The van der Waals surface area contributed by atoms with Crippen LogP contribution in [0.4, 0.5) is 0 Å². The van der Waals surface area contributed by atoms with Crippen molar-refractivity contribution in [2.75, 3.05) is 26.4 Å². The molecule has 1 aromatic rings. The predicted molar refractivity (Wildman–Crippen MR) is 57.9 cm³/mol. The highest BCUT2D eigenvalue weighted by Crippen LogP contribution is 2.28. The minimum Gasteiger partial charge on any atom is -0.485 e. The average Bonchev–Trinajstić information content (AvgIpc) is 2.33. The molecule has 0 aromatic carbocycles. The molecule has 0 spiro atoms. The molecule has 0 aliphatic rings. The second-order valence-corrected chi connectivity index (χ2v) is 3.00. The van der Waals surface area contributed by atoms with Crippen molar-refractivity contribution in [1.82, 2.24) is 4.98 Å². The fourth-order valence-electron chi connectivity index (χ4n) is 1.16. The van der Waals surface area contributed by atoms with Crippen LogP contribution >= 0.6 is 0 Å². The molecule has 0 aliphatic carbocycles. The second kappa shape index (κ2) is 6.66. The molecule has 1 aromatic heterocycles. The largest absolute Gasteiger partial charge is 0.485 e. The first-order chi connectivity index (χ1) is 8.20. The highest BCUT2D eigenvalue weighted by atomic mass is 16.5. The van der Waals surface area contributed by atoms with Gasteiger partial charge in [-0.3, -0.25) is 4.79 Å². The Morgan fingerprint density at radius 1 is 1.29 bits per heavy atom. The van der Waals surface area contributed by atoms with Crippen LogP contribution in [0.25, 0.3) is 0 Å². The van der Waals surface area contributed by atoms with Crippen molar-refractivity contribution in [2.24, 2.45) is 5.73 Å². The number of nitrogens with two attached hydrogens (primary N) is 1. The molecular formula is C10H14N2O5. The van der Waals surface area contributed by atoms with E-state index in [4.69, 9.17) is 25.4 Å². The van der Waals surface area contributed by atoms with E-state index in [0.717, 1.165) is 0 Å². The fourth-order valence-corrected chi connectivity index (χ4v) is 1.16. The van der Waals surface area contributed by atoms with Gasteiger partial charge in [-0.2, -0.15) is 0 Å². The molecule has 4 N–H and O–H groups in total. The number of aliphatic hydroxyl groups excluding tert-OH is 2. The molecule has 1 rings (SSSR count). The molecule has 94 valence electrons. The zero-order valence-corrected chi connectivity index (χ0v) is 9.13. The number of aromatic nitrogens is 1. The Kier molecular flexibility index (Phi) is 5.18. The summed E-state index contributed by atoms with van der Waals surface area (Å²) in [4.78, 5) is 15.0. The van der Waals surface area contributed by atoms with E-state index in [1.807, 2.05) is 0 Å². The Morgan fingerprint density at radius 2 is 1.94 bits per heavy atom. The topological polar surface area (TPSA) is 115 Å². The summed E-state index contributed by atoms with van der Waals surface area (Å²) in [6.45, 7) is -0.402. The van der Waals surface area contributed by atoms with Gasteiger partial charge < -0.3 is 25.4 Å². The zero-order valence-electron chi connectivity index (χ0n) is 9.13. The number of amides is 1. The SMILES string of the molecule is NC(=O)c1ccnc(OCCO)c1OCCO. The number of ether oxygens (including phenoxy) is 2. The lowest BCUT2D eigenvalue weighted by molar-refractivity contribution is 0.0992. The summed E-state index contributed by atoms with van der Waals surface area (Å²) in [5.74, 6) is -0.555. The molecule has 0 saturated carbocycles. The number of hydrogen-bond donors (Lipinski definition) is 3. The molecule has 0 bridgehead atoms. The molecule has 17 heavy (non-hydrogen) atoms. The van der Waals surface area contributed by atoms with Gasteiger partial charge in [0.1, 0.15) is 13.2 Å². The number of aliphatic hydroxyl groups is 2. The lowest BCUT2D eigenvalue weighted by atomic mass is 10.2. The van der Waals surface area contributed by atoms with Crippen LogP contribution in [0.2, 0.25) is 0 Å². The molecule has 0 saturated heterocycles. The van der Waals surface area contributed by atoms with E-state index in [-0.39, 0.29) is 43.6 Å². The fraction of sp³-hybridized carbons (Fsp3) is 0.400. The number of rotatable bonds is 7. The van der Waals surface area contributed by atoms with Crippen LogP contribution < -0.4 is 15.2 Å². The number of carbonyl (C=O) groups excluding carboxylic acids is 1. The molecule has 1 amide bonds. The molecule has 0 fully saturated rings. The molecule has 1 heterocycles. The van der Waals surface area contributed by atoms with E-state index in [0.29, 0.717) is 0 Å². The monoisotopic (exact) mass is 242 g/mol. The van der Waals surface area contributed by atoms with E-state index in [2.05, 4.69) is 4.98 Å². The summed E-state index contributed by atoms with van der Waals surface area (Å²) in [6, 6.07) is 1.39. The van der Waals surface area contributed by atoms with Gasteiger partial charge >= 0.3 is 0 Å². The maximum atomic E-state index is 11.2. The van der Waals surface area contributed by atoms with Gasteiger partial charge in [0.25, 0.3) is 11.8 Å². The molecule has 0 aliphatic heterocycles. The molecule has 7 nitrogen and oxygen atoms in total. The van der Waals surface area contributed by atoms with Crippen LogP contribution in [0.5, 0.6) is 11.6 Å². The highest BCUT2D eigenvalue weighted by Gasteiger charge is 2.16. The summed E-state index contributed by atoms with van der Waals surface area (Å²) < 4.78 is 10.3. The quantitative estimate of drug-likeness (QED) is 0.560. The standard InChI is InChI=1S/C10H14N2O5/c11-9(15)7-1-2-12-10(17-6-4-14)8(7)16-5-3-13/h1-2,13-14H,3-6H2,(H2,11,15). The van der Waals surface area contributed by atoms with Gasteiger partial charge in [0.05, 0.1) is 18.8 Å². The maximum Gasteiger partial charge on any atom is 0.257 e. The van der Waals surface area contributed by atoms with Crippen molar-refractivity contribution in [3.8, 4) is 11.6 Å². The van der Waals surface area contributed by atoms with E-state index >= 15 is 0 Å². The van der Waals surface area contributed by atoms with Crippen molar-refractivity contribution < 1.29 is 24.5 Å². The second-order valence-electron chi connectivity index (χ2n) is 3.00. The Morgan fingerprint density at radius 3 is 2.53 bits per heavy atom. The number of primary amides is 1. The van der Waals surface area contributed by atoms with Crippen molar-refractivity contribution in [3.05, 3.63) is 17.8 Å². The van der Waals surface area contributed by atoms with E-state index in [1.54, 1.807) is 0 Å². The van der Waals surface area contributed by atoms with Gasteiger partial charge in [-0.1, -0.05) is 0 Å². The Bertz CT molecular complexity index is 383. The van der Waals surface area contributed by atoms with E-state index < -0.39 is 5.91 Å². The normalized spacial score (nSPS) is 10.0. The van der Waals surface area contributed by atoms with Gasteiger partial charge in [-0.05, 0) is 6.07 Å². The first kappa shape index (κ1) is 13.2. The maximum absolute atomic E-state index is 11.2. The summed E-state index contributed by atoms with van der Waals surface area (Å²) in [6.07, 6.45) is 1.35. The molecule has 7 heteroatoms. The third kappa shape index (κ3) is 3.58. The van der Waals surface area contributed by atoms with Crippen LogP contribution in [-0.2, 0) is 0 Å². The van der Waals surface area contributed by atoms with Crippen LogP contribution in [-0.4, -0.2) is 47.5 Å². The van der Waals surface area contributed by atoms with Gasteiger partial charge in [-0.25, -0.2) is 4.98 Å². The van der Waals surface area contributed by atoms with Crippen LogP contribution in [0.15, 0.2) is 12.3 Å². The van der Waals surface area contributed by atoms with Crippen LogP contribution in [0.1, 0.15) is 10.4 Å². The van der Waals surface area contributed by atoms with Crippen molar-refractivity contribution >= 4 is 5.91 Å². The number of nitrogens with zero attached hydrogens (tertiary/aromatic N) is 1. The lowest BCUT2D eigenvalue weighted by Gasteiger charge is -2.12. The van der Waals surface area contributed by atoms with Gasteiger partial charge in [0, 0.05) is 6.20 Å². The highest BCUT2D eigenvalue weighted by molar-refractivity contribution is 5.96. The van der Waals surface area contributed by atoms with Crippen molar-refractivity contribution in [2.45, 2.75) is 0 Å². The van der Waals surface area contributed by atoms with E-state index in [9.17, 15) is 4.79 Å². The average molecular weight is 242 g/mol. The molecule has 0 radical (unpaired) electrons. The first-order valence-corrected chi connectivity index (χ1v) is 4.96. The van der Waals surface area contributed by atoms with Crippen LogP contribution in [0, 0.1) is 0 Å². The first-order valence-electron chi connectivity index (χ1n) is 4.96. The lowest BCUT2D eigenvalue weighted by Crippen LogP contribution is -2.16. The van der Waals surface area contributed by atoms with Crippen molar-refractivity contribution in [3.63, 3.8) is 0 Å². The Balaban J connectivity index is 3.00. The van der Waals surface area contributed by atoms with Crippen molar-refractivity contribution in [1.29, 1.82) is 0 Å². The Hall–Kier alpha value is -1.86.